The van der Waals surface area contributed by atoms with E-state index in [9.17, 15) is 0 Å². The number of nitrogens with one attached hydrogen (secondary N) is 1. The van der Waals surface area contributed by atoms with Gasteiger partial charge in [-0.2, -0.15) is 0 Å². The van der Waals surface area contributed by atoms with Crippen LogP contribution in [0.25, 0.3) is 5.69 Å². The van der Waals surface area contributed by atoms with Gasteiger partial charge in [0, 0.05) is 24.9 Å². The van der Waals surface area contributed by atoms with Gasteiger partial charge in [-0.15, -0.1) is 0 Å². The first-order chi connectivity index (χ1) is 8.26. The van der Waals surface area contributed by atoms with Crippen LogP contribution in [0.2, 0.25) is 0 Å². The zero-order valence-corrected chi connectivity index (χ0v) is 10.5. The Balaban J connectivity index is 2.29. The largest absolute Gasteiger partial charge is 0.312 e. The number of nitrogens with zero attached hydrogens (tertiary/aromatic N) is 3. The highest BCUT2D eigenvalue weighted by Gasteiger charge is 2.06. The molecule has 1 N–H and O–H groups in total. The Labute approximate surface area is 102 Å². The van der Waals surface area contributed by atoms with E-state index < -0.39 is 0 Å². The number of hydrogen-bond acceptors (Lipinski definition) is 3. The lowest BCUT2D eigenvalue weighted by Crippen LogP contribution is -2.13. The van der Waals surface area contributed by atoms with Gasteiger partial charge in [-0.25, -0.2) is 4.98 Å². The van der Waals surface area contributed by atoms with Crippen LogP contribution in [0, 0.1) is 0 Å². The standard InChI is InChI=1S/C13H18N4/c1-4-13-15-7-8-17(13)11-5-6-12(16-9-11)10(2)14-3/h5-10,14H,4H2,1-3H3. The highest BCUT2D eigenvalue weighted by molar-refractivity contribution is 5.32. The molecule has 1 unspecified atom stereocenters. The molecule has 0 fully saturated rings. The molecule has 1 atom stereocenters. The van der Waals surface area contributed by atoms with E-state index in [-0.39, 0.29) is 6.04 Å². The van der Waals surface area contributed by atoms with E-state index >= 15 is 0 Å². The molecule has 0 aliphatic heterocycles. The van der Waals surface area contributed by atoms with Crippen molar-refractivity contribution < 1.29 is 0 Å². The molecular formula is C13H18N4. The molecule has 0 aliphatic rings. The molecule has 0 radical (unpaired) electrons. The van der Waals surface area contributed by atoms with Crippen molar-refractivity contribution in [1.29, 1.82) is 0 Å². The van der Waals surface area contributed by atoms with Crippen molar-refractivity contribution in [3.05, 3.63) is 42.2 Å². The summed E-state index contributed by atoms with van der Waals surface area (Å²) in [6.07, 6.45) is 6.60. The van der Waals surface area contributed by atoms with Gasteiger partial charge in [0.05, 0.1) is 17.6 Å². The molecule has 2 rings (SSSR count). The third-order valence-corrected chi connectivity index (χ3v) is 2.96. The minimum absolute atomic E-state index is 0.275. The number of hydrogen-bond donors (Lipinski definition) is 1. The summed E-state index contributed by atoms with van der Waals surface area (Å²) in [7, 11) is 1.94. The molecular weight excluding hydrogens is 212 g/mol. The van der Waals surface area contributed by atoms with E-state index in [2.05, 4.69) is 45.8 Å². The van der Waals surface area contributed by atoms with E-state index in [1.807, 2.05) is 25.6 Å². The smallest absolute Gasteiger partial charge is 0.112 e. The maximum absolute atomic E-state index is 4.47. The molecule has 2 aromatic heterocycles. The van der Waals surface area contributed by atoms with Crippen LogP contribution in [0.4, 0.5) is 0 Å². The Kier molecular flexibility index (Phi) is 3.54. The van der Waals surface area contributed by atoms with Gasteiger partial charge in [-0.1, -0.05) is 6.92 Å². The maximum Gasteiger partial charge on any atom is 0.112 e. The van der Waals surface area contributed by atoms with Crippen molar-refractivity contribution in [2.45, 2.75) is 26.3 Å². The molecule has 4 nitrogen and oxygen atoms in total. The Morgan fingerprint density at radius 3 is 2.76 bits per heavy atom. The molecule has 2 heterocycles. The highest BCUT2D eigenvalue weighted by Crippen LogP contribution is 2.13. The van der Waals surface area contributed by atoms with Crippen molar-refractivity contribution in [3.8, 4) is 5.69 Å². The Bertz CT molecular complexity index is 472. The van der Waals surface area contributed by atoms with Gasteiger partial charge >= 0.3 is 0 Å². The summed E-state index contributed by atoms with van der Waals surface area (Å²) < 4.78 is 2.07. The number of aromatic nitrogens is 3. The van der Waals surface area contributed by atoms with E-state index in [0.717, 1.165) is 23.6 Å². The topological polar surface area (TPSA) is 42.7 Å². The third-order valence-electron chi connectivity index (χ3n) is 2.96. The van der Waals surface area contributed by atoms with E-state index in [1.165, 1.54) is 0 Å². The number of aryl methyl sites for hydroxylation is 1. The lowest BCUT2D eigenvalue weighted by Gasteiger charge is -2.11. The van der Waals surface area contributed by atoms with Crippen LogP contribution in [0.5, 0.6) is 0 Å². The van der Waals surface area contributed by atoms with Crippen molar-refractivity contribution in [2.24, 2.45) is 0 Å². The second kappa shape index (κ2) is 5.10. The predicted octanol–water partition coefficient (Wildman–Crippen LogP) is 2.11. The van der Waals surface area contributed by atoms with Crippen molar-refractivity contribution in [3.63, 3.8) is 0 Å². The third kappa shape index (κ3) is 2.36. The molecule has 17 heavy (non-hydrogen) atoms. The normalized spacial score (nSPS) is 12.6. The number of pyridine rings is 1. The Hall–Kier alpha value is -1.68. The first-order valence-electron chi connectivity index (χ1n) is 5.92. The molecule has 0 aliphatic carbocycles. The van der Waals surface area contributed by atoms with E-state index in [0.29, 0.717) is 0 Å². The van der Waals surface area contributed by atoms with Gasteiger partial charge in [0.2, 0.25) is 0 Å². The summed E-state index contributed by atoms with van der Waals surface area (Å²) in [6, 6.07) is 4.41. The molecule has 2 aromatic rings. The summed E-state index contributed by atoms with van der Waals surface area (Å²) in [4.78, 5) is 8.78. The molecule has 0 amide bonds. The first-order valence-corrected chi connectivity index (χ1v) is 5.92. The van der Waals surface area contributed by atoms with Crippen LogP contribution < -0.4 is 5.32 Å². The fraction of sp³-hybridized carbons (Fsp3) is 0.385. The molecule has 0 bridgehead atoms. The van der Waals surface area contributed by atoms with Gasteiger partial charge < -0.3 is 9.88 Å². The van der Waals surface area contributed by atoms with Crippen LogP contribution >= 0.6 is 0 Å². The molecule has 0 saturated carbocycles. The van der Waals surface area contributed by atoms with Gasteiger partial charge in [-0.3, -0.25) is 4.98 Å². The summed E-state index contributed by atoms with van der Waals surface area (Å²) >= 11 is 0. The summed E-state index contributed by atoms with van der Waals surface area (Å²) in [6.45, 7) is 4.19. The molecule has 4 heteroatoms. The van der Waals surface area contributed by atoms with Gasteiger partial charge in [0.25, 0.3) is 0 Å². The molecule has 90 valence electrons. The van der Waals surface area contributed by atoms with E-state index in [1.54, 1.807) is 0 Å². The van der Waals surface area contributed by atoms with Gasteiger partial charge in [0.1, 0.15) is 5.82 Å². The van der Waals surface area contributed by atoms with Crippen LogP contribution in [-0.2, 0) is 6.42 Å². The zero-order valence-electron chi connectivity index (χ0n) is 10.5. The fourth-order valence-corrected chi connectivity index (χ4v) is 1.78. The summed E-state index contributed by atoms with van der Waals surface area (Å²) in [5.41, 5.74) is 2.11. The second-order valence-electron chi connectivity index (χ2n) is 4.02. The molecule has 0 saturated heterocycles. The van der Waals surface area contributed by atoms with Crippen LogP contribution in [0.1, 0.15) is 31.4 Å². The van der Waals surface area contributed by atoms with Crippen molar-refractivity contribution >= 4 is 0 Å². The van der Waals surface area contributed by atoms with Crippen molar-refractivity contribution in [1.82, 2.24) is 19.9 Å². The lowest BCUT2D eigenvalue weighted by molar-refractivity contribution is 0.632. The average molecular weight is 230 g/mol. The monoisotopic (exact) mass is 230 g/mol. The lowest BCUT2D eigenvalue weighted by atomic mass is 10.2. The average Bonchev–Trinajstić information content (AvgIpc) is 2.86. The van der Waals surface area contributed by atoms with Gasteiger partial charge in [-0.05, 0) is 26.1 Å². The molecule has 0 aromatic carbocycles. The Morgan fingerprint density at radius 2 is 2.18 bits per heavy atom. The van der Waals surface area contributed by atoms with Crippen LogP contribution in [-0.4, -0.2) is 21.6 Å². The first kappa shape index (κ1) is 11.8. The predicted molar refractivity (Wildman–Crippen MR) is 68.2 cm³/mol. The van der Waals surface area contributed by atoms with E-state index in [4.69, 9.17) is 0 Å². The fourth-order valence-electron chi connectivity index (χ4n) is 1.78. The summed E-state index contributed by atoms with van der Waals surface area (Å²) in [5.74, 6) is 1.06. The SMILES string of the molecule is CCc1nccn1-c1ccc(C(C)NC)nc1. The minimum atomic E-state index is 0.275. The van der Waals surface area contributed by atoms with Crippen LogP contribution in [0.3, 0.4) is 0 Å². The number of rotatable bonds is 4. The second-order valence-corrected chi connectivity index (χ2v) is 4.02. The van der Waals surface area contributed by atoms with Crippen molar-refractivity contribution in [2.75, 3.05) is 7.05 Å². The molecule has 0 spiro atoms. The quantitative estimate of drug-likeness (QED) is 0.874. The minimum Gasteiger partial charge on any atom is -0.312 e. The van der Waals surface area contributed by atoms with Crippen LogP contribution in [0.15, 0.2) is 30.7 Å². The Morgan fingerprint density at radius 1 is 1.35 bits per heavy atom. The maximum atomic E-state index is 4.47. The summed E-state index contributed by atoms with van der Waals surface area (Å²) in [5, 5.41) is 3.18. The van der Waals surface area contributed by atoms with Gasteiger partial charge in [0.15, 0.2) is 0 Å². The number of imidazole rings is 1. The highest BCUT2D eigenvalue weighted by atomic mass is 15.1. The zero-order chi connectivity index (χ0) is 12.3.